The first-order chi connectivity index (χ1) is 14.7. The van der Waals surface area contributed by atoms with Crippen LogP contribution in [0.4, 0.5) is 17.6 Å². The van der Waals surface area contributed by atoms with Crippen LogP contribution in [0.3, 0.4) is 0 Å². The number of hydrogen-bond acceptors (Lipinski definition) is 3. The fraction of sp³-hybridized carbons (Fsp3) is 0.364. The molecule has 2 unspecified atom stereocenters. The Balaban J connectivity index is 1.75. The zero-order chi connectivity index (χ0) is 22.6. The second kappa shape index (κ2) is 9.72. The van der Waals surface area contributed by atoms with E-state index < -0.39 is 34.9 Å². The highest BCUT2D eigenvalue weighted by Crippen LogP contribution is 2.42. The molecule has 4 nitrogen and oxygen atoms in total. The van der Waals surface area contributed by atoms with Crippen LogP contribution in [0.1, 0.15) is 41.8 Å². The predicted octanol–water partition coefficient (Wildman–Crippen LogP) is 4.90. The lowest BCUT2D eigenvalue weighted by Gasteiger charge is -2.29. The summed E-state index contributed by atoms with van der Waals surface area (Å²) in [5, 5.41) is 2.14. The number of hydrogen-bond donors (Lipinski definition) is 1. The molecule has 1 N–H and O–H groups in total. The molecule has 166 valence electrons. The largest absolute Gasteiger partial charge is 0.416 e. The van der Waals surface area contributed by atoms with E-state index in [1.807, 2.05) is 6.92 Å². The number of nitrogens with zero attached hydrogens (tertiary/aromatic N) is 1. The average molecular weight is 454 g/mol. The Bertz CT molecular complexity index is 951. The van der Waals surface area contributed by atoms with Gasteiger partial charge in [-0.15, -0.1) is 11.8 Å². The van der Waals surface area contributed by atoms with Crippen LogP contribution in [-0.4, -0.2) is 28.5 Å². The van der Waals surface area contributed by atoms with E-state index in [1.54, 1.807) is 12.1 Å². The highest BCUT2D eigenvalue weighted by atomic mass is 32.2. The molecule has 2 aromatic carbocycles. The fourth-order valence-corrected chi connectivity index (χ4v) is 4.88. The molecule has 1 aliphatic rings. The van der Waals surface area contributed by atoms with Crippen molar-refractivity contribution in [2.75, 3.05) is 5.75 Å². The van der Waals surface area contributed by atoms with Crippen LogP contribution >= 0.6 is 11.8 Å². The first kappa shape index (κ1) is 23.1. The molecule has 3 rings (SSSR count). The van der Waals surface area contributed by atoms with E-state index in [9.17, 15) is 27.2 Å². The molecule has 0 saturated carbocycles. The summed E-state index contributed by atoms with van der Waals surface area (Å²) in [5.41, 5.74) is 0.103. The molecule has 1 heterocycles. The van der Waals surface area contributed by atoms with Crippen molar-refractivity contribution in [3.8, 4) is 0 Å². The third-order valence-electron chi connectivity index (χ3n) is 4.91. The van der Waals surface area contributed by atoms with Gasteiger partial charge in [-0.2, -0.15) is 13.2 Å². The van der Waals surface area contributed by atoms with E-state index in [4.69, 9.17) is 0 Å². The van der Waals surface area contributed by atoms with Gasteiger partial charge in [0.25, 0.3) is 0 Å². The molecule has 0 aromatic heterocycles. The summed E-state index contributed by atoms with van der Waals surface area (Å²) in [4.78, 5) is 27.1. The van der Waals surface area contributed by atoms with Gasteiger partial charge < -0.3 is 10.2 Å². The summed E-state index contributed by atoms with van der Waals surface area (Å²) in [6.07, 6.45) is -3.64. The lowest BCUT2D eigenvalue weighted by molar-refractivity contribution is -0.140. The fourth-order valence-electron chi connectivity index (χ4n) is 3.44. The molecule has 9 heteroatoms. The Morgan fingerprint density at radius 2 is 1.90 bits per heavy atom. The van der Waals surface area contributed by atoms with Crippen molar-refractivity contribution in [3.63, 3.8) is 0 Å². The number of carbonyl (C=O) groups excluding carboxylic acids is 2. The molecule has 1 saturated heterocycles. The monoisotopic (exact) mass is 454 g/mol. The van der Waals surface area contributed by atoms with Gasteiger partial charge >= 0.3 is 6.18 Å². The highest BCUT2D eigenvalue weighted by Gasteiger charge is 2.41. The van der Waals surface area contributed by atoms with Crippen LogP contribution in [0.5, 0.6) is 0 Å². The summed E-state index contributed by atoms with van der Waals surface area (Å²) < 4.78 is 52.4. The quantitative estimate of drug-likeness (QED) is 0.632. The summed E-state index contributed by atoms with van der Waals surface area (Å²) >= 11 is 1.36. The Morgan fingerprint density at radius 3 is 2.58 bits per heavy atom. The topological polar surface area (TPSA) is 49.4 Å². The maximum Gasteiger partial charge on any atom is 0.416 e. The van der Waals surface area contributed by atoms with Gasteiger partial charge in [0.2, 0.25) is 11.8 Å². The van der Waals surface area contributed by atoms with Crippen molar-refractivity contribution < 1.29 is 27.2 Å². The third-order valence-corrected chi connectivity index (χ3v) is 6.23. The van der Waals surface area contributed by atoms with Crippen molar-refractivity contribution in [1.29, 1.82) is 0 Å². The molecule has 1 fully saturated rings. The molecule has 31 heavy (non-hydrogen) atoms. The SMILES string of the molecule is CCCC(=O)N1C(C(=O)NCc2cccc(C(F)(F)F)c2)CSC1c1cccc(F)c1. The average Bonchev–Trinajstić information content (AvgIpc) is 3.17. The molecule has 0 bridgehead atoms. The lowest BCUT2D eigenvalue weighted by Crippen LogP contribution is -2.47. The minimum atomic E-state index is -4.47. The van der Waals surface area contributed by atoms with Gasteiger partial charge in [0.05, 0.1) is 5.56 Å². The van der Waals surface area contributed by atoms with Crippen LogP contribution in [0, 0.1) is 5.82 Å². The van der Waals surface area contributed by atoms with E-state index in [-0.39, 0.29) is 18.9 Å². The molecule has 0 spiro atoms. The van der Waals surface area contributed by atoms with Crippen molar-refractivity contribution in [3.05, 3.63) is 71.0 Å². The standard InChI is InChI=1S/C22H22F4N2O2S/c1-2-5-19(29)28-18(13-31-21(28)15-7-4-9-17(23)11-15)20(30)27-12-14-6-3-8-16(10-14)22(24,25)26/h3-4,6-11,18,21H,2,5,12-13H2,1H3,(H,27,30). The summed E-state index contributed by atoms with van der Waals surface area (Å²) in [6.45, 7) is 1.76. The van der Waals surface area contributed by atoms with Gasteiger partial charge in [-0.1, -0.05) is 31.2 Å². The molecule has 1 aliphatic heterocycles. The van der Waals surface area contributed by atoms with E-state index in [0.29, 0.717) is 23.3 Å². The van der Waals surface area contributed by atoms with Crippen LogP contribution in [0.15, 0.2) is 48.5 Å². The predicted molar refractivity (Wildman–Crippen MR) is 110 cm³/mol. The van der Waals surface area contributed by atoms with Gasteiger partial charge in [-0.25, -0.2) is 4.39 Å². The second-order valence-electron chi connectivity index (χ2n) is 7.22. The first-order valence-corrected chi connectivity index (χ1v) is 10.9. The van der Waals surface area contributed by atoms with Gasteiger partial charge in [-0.3, -0.25) is 9.59 Å². The van der Waals surface area contributed by atoms with Crippen molar-refractivity contribution in [1.82, 2.24) is 10.2 Å². The number of carbonyl (C=O) groups is 2. The molecule has 2 amide bonds. The van der Waals surface area contributed by atoms with E-state index in [2.05, 4.69) is 5.32 Å². The number of nitrogens with one attached hydrogen (secondary N) is 1. The maximum atomic E-state index is 13.7. The third kappa shape index (κ3) is 5.58. The Hall–Kier alpha value is -2.55. The number of alkyl halides is 3. The molecule has 0 radical (unpaired) electrons. The molecular formula is C22H22F4N2O2S. The first-order valence-electron chi connectivity index (χ1n) is 9.82. The van der Waals surface area contributed by atoms with Crippen LogP contribution in [-0.2, 0) is 22.3 Å². The molecule has 0 aliphatic carbocycles. The highest BCUT2D eigenvalue weighted by molar-refractivity contribution is 7.99. The van der Waals surface area contributed by atoms with Crippen LogP contribution in [0.25, 0.3) is 0 Å². The van der Waals surface area contributed by atoms with Crippen molar-refractivity contribution in [2.24, 2.45) is 0 Å². The number of rotatable bonds is 6. The number of halogens is 4. The summed E-state index contributed by atoms with van der Waals surface area (Å²) in [7, 11) is 0. The van der Waals surface area contributed by atoms with E-state index in [0.717, 1.165) is 12.1 Å². The Kier molecular flexibility index (Phi) is 7.25. The van der Waals surface area contributed by atoms with Gasteiger partial charge in [0, 0.05) is 18.7 Å². The van der Waals surface area contributed by atoms with Gasteiger partial charge in [0.15, 0.2) is 0 Å². The minimum absolute atomic E-state index is 0.0929. The van der Waals surface area contributed by atoms with Crippen LogP contribution < -0.4 is 5.32 Å². The number of amides is 2. The van der Waals surface area contributed by atoms with E-state index >= 15 is 0 Å². The normalized spacial score (nSPS) is 18.8. The molecule has 2 atom stereocenters. The zero-order valence-electron chi connectivity index (χ0n) is 16.8. The van der Waals surface area contributed by atoms with Crippen molar-refractivity contribution in [2.45, 2.75) is 43.9 Å². The minimum Gasteiger partial charge on any atom is -0.350 e. The lowest BCUT2D eigenvalue weighted by atomic mass is 10.1. The van der Waals surface area contributed by atoms with Gasteiger partial charge in [0.1, 0.15) is 17.2 Å². The zero-order valence-corrected chi connectivity index (χ0v) is 17.6. The summed E-state index contributed by atoms with van der Waals surface area (Å²) in [6, 6.07) is 9.84. The molecular weight excluding hydrogens is 432 g/mol. The number of benzene rings is 2. The van der Waals surface area contributed by atoms with Crippen LogP contribution in [0.2, 0.25) is 0 Å². The van der Waals surface area contributed by atoms with Gasteiger partial charge in [-0.05, 0) is 41.8 Å². The Morgan fingerprint density at radius 1 is 1.16 bits per heavy atom. The molecule has 2 aromatic rings. The number of thioether (sulfide) groups is 1. The maximum absolute atomic E-state index is 13.7. The second-order valence-corrected chi connectivity index (χ2v) is 8.34. The summed E-state index contributed by atoms with van der Waals surface area (Å²) in [5.74, 6) is -0.793. The van der Waals surface area contributed by atoms with Crippen molar-refractivity contribution >= 4 is 23.6 Å². The smallest absolute Gasteiger partial charge is 0.350 e. The van der Waals surface area contributed by atoms with E-state index in [1.165, 1.54) is 40.9 Å². The Labute approximate surface area is 182 Å².